The highest BCUT2D eigenvalue weighted by atomic mass is 35.5. The molecule has 0 aliphatic carbocycles. The Hall–Kier alpha value is -1.13. The largest absolute Gasteiger partial charge is 0.495 e. The van der Waals surface area contributed by atoms with E-state index in [1.807, 2.05) is 0 Å². The summed E-state index contributed by atoms with van der Waals surface area (Å²) in [6.45, 7) is 1.25. The van der Waals surface area contributed by atoms with E-state index in [-0.39, 0.29) is 21.5 Å². The maximum Gasteiger partial charge on any atom is 0.308 e. The predicted molar refractivity (Wildman–Crippen MR) is 60.9 cm³/mol. The molecule has 1 rings (SSSR count). The molecule has 0 atom stereocenters. The van der Waals surface area contributed by atoms with Crippen molar-refractivity contribution in [2.75, 3.05) is 14.2 Å². The smallest absolute Gasteiger partial charge is 0.308 e. The molecule has 0 radical (unpaired) electrons. The van der Waals surface area contributed by atoms with Crippen molar-refractivity contribution in [1.29, 1.82) is 0 Å². The highest BCUT2D eigenvalue weighted by Crippen LogP contribution is 2.46. The van der Waals surface area contributed by atoms with E-state index in [0.29, 0.717) is 5.75 Å². The van der Waals surface area contributed by atoms with Gasteiger partial charge in [0.05, 0.1) is 19.2 Å². The van der Waals surface area contributed by atoms with Crippen molar-refractivity contribution in [3.63, 3.8) is 0 Å². The Morgan fingerprint density at radius 2 is 1.81 bits per heavy atom. The third-order valence-corrected chi connectivity index (χ3v) is 2.41. The van der Waals surface area contributed by atoms with E-state index in [4.69, 9.17) is 37.4 Å². The van der Waals surface area contributed by atoms with Crippen LogP contribution in [0.2, 0.25) is 10.0 Å². The third kappa shape index (κ3) is 2.51. The molecule has 0 unspecified atom stereocenters. The molecule has 88 valence electrons. The topological polar surface area (TPSA) is 44.8 Å². The lowest BCUT2D eigenvalue weighted by molar-refractivity contribution is -0.132. The summed E-state index contributed by atoms with van der Waals surface area (Å²) in [6.07, 6.45) is 0. The van der Waals surface area contributed by atoms with Gasteiger partial charge in [-0.1, -0.05) is 23.2 Å². The molecule has 16 heavy (non-hydrogen) atoms. The molecule has 1 aromatic rings. The van der Waals surface area contributed by atoms with Gasteiger partial charge in [-0.15, -0.1) is 0 Å². The van der Waals surface area contributed by atoms with Crippen LogP contribution in [0.4, 0.5) is 0 Å². The van der Waals surface area contributed by atoms with Gasteiger partial charge in [-0.2, -0.15) is 0 Å². The Bertz CT molecular complexity index is 418. The molecule has 6 heteroatoms. The molecule has 0 fully saturated rings. The van der Waals surface area contributed by atoms with E-state index in [1.54, 1.807) is 0 Å². The van der Waals surface area contributed by atoms with Crippen LogP contribution in [-0.4, -0.2) is 20.2 Å². The van der Waals surface area contributed by atoms with Crippen molar-refractivity contribution in [3.05, 3.63) is 16.1 Å². The minimum absolute atomic E-state index is 0.0565. The SMILES string of the molecule is COc1cc(Cl)c(OC)c(OC(C)=O)c1Cl. The Morgan fingerprint density at radius 3 is 2.25 bits per heavy atom. The van der Waals surface area contributed by atoms with Crippen molar-refractivity contribution in [2.24, 2.45) is 0 Å². The molecule has 0 spiro atoms. The summed E-state index contributed by atoms with van der Waals surface area (Å²) in [5, 5.41) is 0.388. The number of esters is 1. The van der Waals surface area contributed by atoms with E-state index in [0.717, 1.165) is 0 Å². The summed E-state index contributed by atoms with van der Waals surface area (Å²) >= 11 is 11.9. The first kappa shape index (κ1) is 12.9. The predicted octanol–water partition coefficient (Wildman–Crippen LogP) is 2.94. The van der Waals surface area contributed by atoms with Gasteiger partial charge in [-0.25, -0.2) is 0 Å². The first-order chi connectivity index (χ1) is 7.51. The fourth-order valence-corrected chi connectivity index (χ4v) is 1.66. The van der Waals surface area contributed by atoms with Crippen LogP contribution in [0, 0.1) is 0 Å². The van der Waals surface area contributed by atoms with E-state index >= 15 is 0 Å². The maximum atomic E-state index is 10.9. The molecule has 4 nitrogen and oxygen atoms in total. The number of hydrogen-bond acceptors (Lipinski definition) is 4. The minimum Gasteiger partial charge on any atom is -0.495 e. The van der Waals surface area contributed by atoms with Crippen molar-refractivity contribution in [3.8, 4) is 17.2 Å². The third-order valence-electron chi connectivity index (χ3n) is 1.77. The number of methoxy groups -OCH3 is 2. The normalized spacial score (nSPS) is 9.81. The minimum atomic E-state index is -0.524. The summed E-state index contributed by atoms with van der Waals surface area (Å²) in [7, 11) is 2.83. The second-order valence-electron chi connectivity index (χ2n) is 2.83. The number of halogens is 2. The van der Waals surface area contributed by atoms with Crippen LogP contribution in [0.25, 0.3) is 0 Å². The number of carbonyl (C=O) groups excluding carboxylic acids is 1. The molecule has 0 N–H and O–H groups in total. The molecule has 0 saturated carbocycles. The Morgan fingerprint density at radius 1 is 1.19 bits per heavy atom. The van der Waals surface area contributed by atoms with Gasteiger partial charge in [-0.3, -0.25) is 4.79 Å². The molecule has 0 heterocycles. The molecule has 0 aliphatic rings. The Kier molecular flexibility index (Phi) is 4.26. The van der Waals surface area contributed by atoms with Crippen LogP contribution in [0.15, 0.2) is 6.07 Å². The van der Waals surface area contributed by atoms with Crippen LogP contribution >= 0.6 is 23.2 Å². The van der Waals surface area contributed by atoms with Gasteiger partial charge in [0, 0.05) is 13.0 Å². The van der Waals surface area contributed by atoms with Gasteiger partial charge in [0.25, 0.3) is 0 Å². The van der Waals surface area contributed by atoms with Crippen LogP contribution in [0.5, 0.6) is 17.2 Å². The lowest BCUT2D eigenvalue weighted by Crippen LogP contribution is -2.04. The summed E-state index contributed by atoms with van der Waals surface area (Å²) < 4.78 is 14.9. The Balaban J connectivity index is 3.39. The molecular weight excluding hydrogens is 255 g/mol. The standard InChI is InChI=1S/C10H10Cl2O4/c1-5(13)16-10-8(12)7(14-2)4-6(11)9(10)15-3/h4H,1-3H3. The number of benzene rings is 1. The van der Waals surface area contributed by atoms with E-state index in [1.165, 1.54) is 27.2 Å². The molecule has 0 saturated heterocycles. The van der Waals surface area contributed by atoms with Crippen LogP contribution in [0.1, 0.15) is 6.92 Å². The zero-order valence-corrected chi connectivity index (χ0v) is 10.5. The zero-order chi connectivity index (χ0) is 12.3. The first-order valence-corrected chi connectivity index (χ1v) is 5.05. The fraction of sp³-hybridized carbons (Fsp3) is 0.300. The zero-order valence-electron chi connectivity index (χ0n) is 8.97. The molecular formula is C10H10Cl2O4. The van der Waals surface area contributed by atoms with Gasteiger partial charge in [0.15, 0.2) is 11.5 Å². The maximum absolute atomic E-state index is 10.9. The van der Waals surface area contributed by atoms with Gasteiger partial charge in [0.1, 0.15) is 10.8 Å². The van der Waals surface area contributed by atoms with E-state index < -0.39 is 5.97 Å². The average Bonchev–Trinajstić information content (AvgIpc) is 2.22. The summed E-state index contributed by atoms with van der Waals surface area (Å²) in [4.78, 5) is 10.9. The van der Waals surface area contributed by atoms with Crippen molar-refractivity contribution in [1.82, 2.24) is 0 Å². The number of hydrogen-bond donors (Lipinski definition) is 0. The number of rotatable bonds is 3. The van der Waals surface area contributed by atoms with Crippen LogP contribution < -0.4 is 14.2 Å². The number of ether oxygens (including phenoxy) is 3. The molecule has 0 aliphatic heterocycles. The first-order valence-electron chi connectivity index (χ1n) is 4.29. The highest BCUT2D eigenvalue weighted by Gasteiger charge is 2.20. The number of carbonyl (C=O) groups is 1. The summed E-state index contributed by atoms with van der Waals surface area (Å²) in [6, 6.07) is 1.48. The molecule has 1 aromatic carbocycles. The van der Waals surface area contributed by atoms with Gasteiger partial charge < -0.3 is 14.2 Å². The lowest BCUT2D eigenvalue weighted by Gasteiger charge is -2.13. The molecule has 0 amide bonds. The monoisotopic (exact) mass is 264 g/mol. The fourth-order valence-electron chi connectivity index (χ4n) is 1.14. The second-order valence-corrected chi connectivity index (χ2v) is 3.62. The van der Waals surface area contributed by atoms with Gasteiger partial charge in [0.2, 0.25) is 0 Å². The quantitative estimate of drug-likeness (QED) is 0.622. The second kappa shape index (κ2) is 5.27. The van der Waals surface area contributed by atoms with Crippen molar-refractivity contribution in [2.45, 2.75) is 6.92 Å². The van der Waals surface area contributed by atoms with Gasteiger partial charge >= 0.3 is 5.97 Å². The molecule has 0 aromatic heterocycles. The summed E-state index contributed by atoms with van der Waals surface area (Å²) in [5.74, 6) is 0.0388. The van der Waals surface area contributed by atoms with Gasteiger partial charge in [-0.05, 0) is 0 Å². The van der Waals surface area contributed by atoms with Crippen LogP contribution in [0.3, 0.4) is 0 Å². The highest BCUT2D eigenvalue weighted by molar-refractivity contribution is 6.37. The lowest BCUT2D eigenvalue weighted by atomic mass is 10.3. The average molecular weight is 265 g/mol. The van der Waals surface area contributed by atoms with Crippen molar-refractivity contribution >= 4 is 29.2 Å². The molecule has 0 bridgehead atoms. The van der Waals surface area contributed by atoms with E-state index in [9.17, 15) is 4.79 Å². The van der Waals surface area contributed by atoms with E-state index in [2.05, 4.69) is 0 Å². The summed E-state index contributed by atoms with van der Waals surface area (Å²) in [5.41, 5.74) is 0. The van der Waals surface area contributed by atoms with Crippen LogP contribution in [-0.2, 0) is 4.79 Å². The Labute approximate surface area is 103 Å². The van der Waals surface area contributed by atoms with Crippen molar-refractivity contribution < 1.29 is 19.0 Å².